The first kappa shape index (κ1) is 23.5. The number of rotatable bonds is 11. The Kier molecular flexibility index (Phi) is 8.41. The Labute approximate surface area is 189 Å². The molecular weight excluding hydrogens is 426 g/mol. The van der Waals surface area contributed by atoms with E-state index in [2.05, 4.69) is 5.32 Å². The Balaban J connectivity index is 1.64. The second kappa shape index (κ2) is 11.5. The van der Waals surface area contributed by atoms with Crippen LogP contribution in [0.1, 0.15) is 29.0 Å². The van der Waals surface area contributed by atoms with E-state index in [1.54, 1.807) is 24.3 Å². The van der Waals surface area contributed by atoms with Gasteiger partial charge in [-0.25, -0.2) is 0 Å². The Morgan fingerprint density at radius 3 is 2.06 bits per heavy atom. The van der Waals surface area contributed by atoms with E-state index < -0.39 is 10.1 Å². The number of hydrogen-bond donors (Lipinski definition) is 1. The van der Waals surface area contributed by atoms with Crippen molar-refractivity contribution < 1.29 is 22.1 Å². The fraction of sp³-hybridized carbons (Fsp3) is 0.240. The maximum Gasteiger partial charge on any atom is 0.306 e. The molecule has 0 aliphatic carbocycles. The average molecular weight is 454 g/mol. The molecule has 0 aliphatic rings. The summed E-state index contributed by atoms with van der Waals surface area (Å²) in [6.45, 7) is 1.46. The van der Waals surface area contributed by atoms with Gasteiger partial charge in [-0.05, 0) is 28.8 Å². The Hall–Kier alpha value is -3.16. The summed E-state index contributed by atoms with van der Waals surface area (Å²) in [6, 6.07) is 26.3. The maximum atomic E-state index is 12.5. The van der Waals surface area contributed by atoms with Crippen molar-refractivity contribution in [3.8, 4) is 5.75 Å². The van der Waals surface area contributed by atoms with Gasteiger partial charge in [0.15, 0.2) is 0 Å². The van der Waals surface area contributed by atoms with Crippen LogP contribution >= 0.6 is 0 Å². The van der Waals surface area contributed by atoms with Crippen molar-refractivity contribution in [2.45, 2.75) is 25.5 Å². The number of nitrogens with one attached hydrogen (secondary N) is 1. The number of benzene rings is 3. The van der Waals surface area contributed by atoms with Crippen LogP contribution in [0, 0.1) is 0 Å². The zero-order valence-corrected chi connectivity index (χ0v) is 18.8. The van der Waals surface area contributed by atoms with E-state index in [0.29, 0.717) is 13.1 Å². The van der Waals surface area contributed by atoms with Crippen LogP contribution in [-0.4, -0.2) is 27.2 Å². The van der Waals surface area contributed by atoms with E-state index in [0.717, 1.165) is 22.9 Å². The van der Waals surface area contributed by atoms with Crippen molar-refractivity contribution in [3.05, 3.63) is 102 Å². The largest absolute Gasteiger partial charge is 0.461 e. The fourth-order valence-electron chi connectivity index (χ4n) is 3.26. The minimum atomic E-state index is -3.59. The smallest absolute Gasteiger partial charge is 0.306 e. The first-order valence-corrected chi connectivity index (χ1v) is 12.1. The number of esters is 1. The van der Waals surface area contributed by atoms with Gasteiger partial charge in [-0.3, -0.25) is 4.79 Å². The summed E-state index contributed by atoms with van der Waals surface area (Å²) in [4.78, 5) is 12.5. The minimum Gasteiger partial charge on any atom is -0.461 e. The summed E-state index contributed by atoms with van der Waals surface area (Å²) < 4.78 is 33.0. The van der Waals surface area contributed by atoms with Crippen molar-refractivity contribution in [2.75, 3.05) is 12.8 Å². The van der Waals surface area contributed by atoms with E-state index in [-0.39, 0.29) is 30.7 Å². The van der Waals surface area contributed by atoms with Crippen molar-refractivity contribution >= 4 is 16.1 Å². The van der Waals surface area contributed by atoms with Crippen LogP contribution in [0.5, 0.6) is 5.75 Å². The highest BCUT2D eigenvalue weighted by molar-refractivity contribution is 7.86. The summed E-state index contributed by atoms with van der Waals surface area (Å²) in [7, 11) is -3.59. The number of carbonyl (C=O) groups excluding carboxylic acids is 1. The lowest BCUT2D eigenvalue weighted by molar-refractivity contribution is -0.145. The van der Waals surface area contributed by atoms with Crippen molar-refractivity contribution in [2.24, 2.45) is 0 Å². The first-order valence-electron chi connectivity index (χ1n) is 10.3. The van der Waals surface area contributed by atoms with E-state index in [9.17, 15) is 13.2 Å². The monoisotopic (exact) mass is 453 g/mol. The van der Waals surface area contributed by atoms with Crippen molar-refractivity contribution in [1.82, 2.24) is 5.32 Å². The molecule has 1 N–H and O–H groups in total. The van der Waals surface area contributed by atoms with Gasteiger partial charge in [-0.15, -0.1) is 0 Å². The third kappa shape index (κ3) is 8.17. The summed E-state index contributed by atoms with van der Waals surface area (Å²) >= 11 is 0. The van der Waals surface area contributed by atoms with Gasteiger partial charge in [0.2, 0.25) is 0 Å². The fourth-order valence-corrected chi connectivity index (χ4v) is 3.72. The molecule has 0 spiro atoms. The molecule has 0 bridgehead atoms. The van der Waals surface area contributed by atoms with Gasteiger partial charge in [0.05, 0.1) is 12.7 Å². The van der Waals surface area contributed by atoms with E-state index in [1.165, 1.54) is 0 Å². The molecule has 168 valence electrons. The molecule has 3 rings (SSSR count). The van der Waals surface area contributed by atoms with Crippen molar-refractivity contribution in [3.63, 3.8) is 0 Å². The van der Waals surface area contributed by atoms with Crippen LogP contribution in [0.25, 0.3) is 0 Å². The highest BCUT2D eigenvalue weighted by atomic mass is 32.2. The minimum absolute atomic E-state index is 0.144. The van der Waals surface area contributed by atoms with Crippen LogP contribution in [0.15, 0.2) is 84.9 Å². The third-order valence-electron chi connectivity index (χ3n) is 4.82. The van der Waals surface area contributed by atoms with Crippen LogP contribution < -0.4 is 9.50 Å². The topological polar surface area (TPSA) is 81.7 Å². The van der Waals surface area contributed by atoms with Gasteiger partial charge in [0.1, 0.15) is 12.4 Å². The molecule has 0 heterocycles. The van der Waals surface area contributed by atoms with Gasteiger partial charge in [0.25, 0.3) is 0 Å². The molecule has 0 saturated heterocycles. The summed E-state index contributed by atoms with van der Waals surface area (Å²) in [5, 5.41) is 3.40. The molecule has 3 aromatic rings. The van der Waals surface area contributed by atoms with Crippen LogP contribution in [0.2, 0.25) is 0 Å². The quantitative estimate of drug-likeness (QED) is 0.349. The SMILES string of the molecule is CS(=O)(=O)Oc1ccc(C(CNCc2ccccc2)CC(=O)OCc2ccccc2)cc1. The second-order valence-corrected chi connectivity index (χ2v) is 9.10. The highest BCUT2D eigenvalue weighted by Crippen LogP contribution is 2.24. The first-order chi connectivity index (χ1) is 15.4. The zero-order valence-electron chi connectivity index (χ0n) is 17.9. The van der Waals surface area contributed by atoms with Gasteiger partial charge >= 0.3 is 16.1 Å². The molecular formula is C25H27NO5S. The highest BCUT2D eigenvalue weighted by Gasteiger charge is 2.18. The molecule has 0 radical (unpaired) electrons. The van der Waals surface area contributed by atoms with Gasteiger partial charge in [-0.1, -0.05) is 72.8 Å². The van der Waals surface area contributed by atoms with E-state index >= 15 is 0 Å². The molecule has 6 nitrogen and oxygen atoms in total. The summed E-state index contributed by atoms with van der Waals surface area (Å²) in [6.07, 6.45) is 1.20. The molecule has 0 saturated carbocycles. The number of ether oxygens (including phenoxy) is 1. The standard InChI is InChI=1S/C25H27NO5S/c1-32(28,29)31-24-14-12-22(13-15-24)23(18-26-17-20-8-4-2-5-9-20)16-25(27)30-19-21-10-6-3-7-11-21/h2-15,23,26H,16-19H2,1H3. The molecule has 32 heavy (non-hydrogen) atoms. The van der Waals surface area contributed by atoms with Gasteiger partial charge in [0, 0.05) is 19.0 Å². The third-order valence-corrected chi connectivity index (χ3v) is 5.31. The van der Waals surface area contributed by atoms with Crippen LogP contribution in [0.4, 0.5) is 0 Å². The van der Waals surface area contributed by atoms with Crippen molar-refractivity contribution in [1.29, 1.82) is 0 Å². The molecule has 1 unspecified atom stereocenters. The lowest BCUT2D eigenvalue weighted by Crippen LogP contribution is -2.24. The lowest BCUT2D eigenvalue weighted by atomic mass is 9.95. The Morgan fingerprint density at radius 1 is 0.875 bits per heavy atom. The van der Waals surface area contributed by atoms with Gasteiger partial charge in [-0.2, -0.15) is 8.42 Å². The van der Waals surface area contributed by atoms with Crippen LogP contribution in [-0.2, 0) is 32.8 Å². The predicted molar refractivity (Wildman–Crippen MR) is 124 cm³/mol. The predicted octanol–water partition coefficient (Wildman–Crippen LogP) is 4.03. The number of hydrogen-bond acceptors (Lipinski definition) is 6. The summed E-state index contributed by atoms with van der Waals surface area (Å²) in [5.74, 6) is -0.204. The lowest BCUT2D eigenvalue weighted by Gasteiger charge is -2.18. The molecule has 0 fully saturated rings. The average Bonchev–Trinajstić information content (AvgIpc) is 2.78. The van der Waals surface area contributed by atoms with Crippen LogP contribution in [0.3, 0.4) is 0 Å². The molecule has 0 amide bonds. The molecule has 0 aromatic heterocycles. The molecule has 0 aliphatic heterocycles. The van der Waals surface area contributed by atoms with Gasteiger partial charge < -0.3 is 14.2 Å². The Bertz CT molecular complexity index is 1080. The van der Waals surface area contributed by atoms with E-state index in [1.807, 2.05) is 60.7 Å². The summed E-state index contributed by atoms with van der Waals surface area (Å²) in [5.41, 5.74) is 2.97. The molecule has 7 heteroatoms. The second-order valence-electron chi connectivity index (χ2n) is 7.52. The zero-order chi connectivity index (χ0) is 22.8. The van der Waals surface area contributed by atoms with E-state index in [4.69, 9.17) is 8.92 Å². The Morgan fingerprint density at radius 2 is 1.47 bits per heavy atom. The number of carbonyl (C=O) groups is 1. The maximum absolute atomic E-state index is 12.5. The molecule has 1 atom stereocenters. The normalized spacial score (nSPS) is 12.2. The molecule has 3 aromatic carbocycles.